The third-order valence-electron chi connectivity index (χ3n) is 7.22. The number of hydrogen-bond donors (Lipinski definition) is 1. The van der Waals surface area contributed by atoms with Crippen LogP contribution in [0.4, 0.5) is 0 Å². The summed E-state index contributed by atoms with van der Waals surface area (Å²) in [4.78, 5) is 22.0. The lowest BCUT2D eigenvalue weighted by molar-refractivity contribution is 0.104. The molecule has 3 aromatic carbocycles. The number of rotatable bonds is 7. The molecule has 6 heteroatoms. The van der Waals surface area contributed by atoms with Crippen LogP contribution in [0.25, 0.3) is 10.9 Å². The number of nitrogens with one attached hydrogen (secondary N) is 1. The van der Waals surface area contributed by atoms with Gasteiger partial charge in [0, 0.05) is 44.0 Å². The number of nitrogens with zero attached hydrogens (tertiary/aromatic N) is 2. The smallest absolute Gasteiger partial charge is 0.198 e. The molecule has 186 valence electrons. The standard InChI is InChI=1S/C30H33N3O3/c1-21-24(30(34)27-25(35-2)14-15-26(36-3)28(27)31-21)20-32-16-18-33(19-17-32)29(22-10-6-4-7-11-22)23-12-8-5-9-13-23/h4-15,29H,16-20H2,1-3H3,(H,31,34). The average Bonchev–Trinajstić information content (AvgIpc) is 2.92. The zero-order valence-corrected chi connectivity index (χ0v) is 21.2. The monoisotopic (exact) mass is 483 g/mol. The molecule has 2 heterocycles. The lowest BCUT2D eigenvalue weighted by atomic mass is 9.96. The van der Waals surface area contributed by atoms with Crippen molar-refractivity contribution >= 4 is 10.9 Å². The summed E-state index contributed by atoms with van der Waals surface area (Å²) in [7, 11) is 3.20. The number of ether oxygens (including phenoxy) is 2. The minimum atomic E-state index is 0.00544. The van der Waals surface area contributed by atoms with Crippen molar-refractivity contribution in [2.45, 2.75) is 19.5 Å². The van der Waals surface area contributed by atoms with Crippen LogP contribution in [-0.2, 0) is 6.54 Å². The molecule has 1 fully saturated rings. The molecular formula is C30H33N3O3. The summed E-state index contributed by atoms with van der Waals surface area (Å²) in [5.41, 5.74) is 4.95. The van der Waals surface area contributed by atoms with E-state index in [4.69, 9.17) is 9.47 Å². The quantitative estimate of drug-likeness (QED) is 0.411. The fourth-order valence-electron chi connectivity index (χ4n) is 5.32. The van der Waals surface area contributed by atoms with E-state index >= 15 is 0 Å². The molecule has 1 N–H and O–H groups in total. The van der Waals surface area contributed by atoms with E-state index in [0.29, 0.717) is 28.9 Å². The van der Waals surface area contributed by atoms with Crippen LogP contribution in [0, 0.1) is 6.92 Å². The summed E-state index contributed by atoms with van der Waals surface area (Å²) in [6.07, 6.45) is 0. The highest BCUT2D eigenvalue weighted by Crippen LogP contribution is 2.32. The first-order valence-corrected chi connectivity index (χ1v) is 12.4. The summed E-state index contributed by atoms with van der Waals surface area (Å²) in [6, 6.07) is 25.3. The molecule has 6 nitrogen and oxygen atoms in total. The number of methoxy groups -OCH3 is 2. The first-order chi connectivity index (χ1) is 17.6. The van der Waals surface area contributed by atoms with Gasteiger partial charge in [-0.1, -0.05) is 60.7 Å². The molecule has 1 aromatic heterocycles. The fourth-order valence-corrected chi connectivity index (χ4v) is 5.32. The molecule has 1 aliphatic heterocycles. The average molecular weight is 484 g/mol. The van der Waals surface area contributed by atoms with Gasteiger partial charge in [0.2, 0.25) is 0 Å². The predicted molar refractivity (Wildman–Crippen MR) is 144 cm³/mol. The van der Waals surface area contributed by atoms with Crippen LogP contribution in [0.1, 0.15) is 28.4 Å². The van der Waals surface area contributed by atoms with Gasteiger partial charge in [0.25, 0.3) is 0 Å². The van der Waals surface area contributed by atoms with Gasteiger partial charge >= 0.3 is 0 Å². The van der Waals surface area contributed by atoms with E-state index in [1.165, 1.54) is 11.1 Å². The highest BCUT2D eigenvalue weighted by molar-refractivity contribution is 5.90. The van der Waals surface area contributed by atoms with E-state index in [1.54, 1.807) is 20.3 Å². The SMILES string of the molecule is COc1ccc(OC)c2c(=O)c(CN3CCN(C(c4ccccc4)c4ccccc4)CC3)c(C)[nH]c12. The Labute approximate surface area is 212 Å². The van der Waals surface area contributed by atoms with E-state index in [-0.39, 0.29) is 11.5 Å². The number of aromatic amines is 1. The van der Waals surface area contributed by atoms with E-state index in [1.807, 2.05) is 13.0 Å². The second kappa shape index (κ2) is 10.6. The maximum atomic E-state index is 13.6. The molecular weight excluding hydrogens is 450 g/mol. The zero-order valence-electron chi connectivity index (χ0n) is 21.2. The summed E-state index contributed by atoms with van der Waals surface area (Å²) in [5.74, 6) is 1.20. The Morgan fingerprint density at radius 1 is 0.806 bits per heavy atom. The zero-order chi connectivity index (χ0) is 25.1. The number of piperazine rings is 1. The highest BCUT2D eigenvalue weighted by Gasteiger charge is 2.27. The van der Waals surface area contributed by atoms with Gasteiger partial charge in [0.15, 0.2) is 5.43 Å². The molecule has 0 unspecified atom stereocenters. The lowest BCUT2D eigenvalue weighted by Gasteiger charge is -2.40. The Morgan fingerprint density at radius 2 is 1.36 bits per heavy atom. The molecule has 0 bridgehead atoms. The van der Waals surface area contributed by atoms with Crippen molar-refractivity contribution in [2.24, 2.45) is 0 Å². The number of fused-ring (bicyclic) bond motifs is 1. The van der Waals surface area contributed by atoms with Crippen molar-refractivity contribution in [3.8, 4) is 11.5 Å². The van der Waals surface area contributed by atoms with Gasteiger partial charge in [-0.3, -0.25) is 14.6 Å². The molecule has 0 amide bonds. The van der Waals surface area contributed by atoms with E-state index in [2.05, 4.69) is 75.4 Å². The van der Waals surface area contributed by atoms with Gasteiger partial charge in [-0.2, -0.15) is 0 Å². The number of aryl methyl sites for hydroxylation is 1. The topological polar surface area (TPSA) is 57.8 Å². The molecule has 0 spiro atoms. The van der Waals surface area contributed by atoms with Crippen LogP contribution in [0.15, 0.2) is 77.6 Å². The summed E-state index contributed by atoms with van der Waals surface area (Å²) >= 11 is 0. The van der Waals surface area contributed by atoms with Crippen molar-refractivity contribution in [3.05, 3.63) is 105 Å². The summed E-state index contributed by atoms with van der Waals surface area (Å²) in [6.45, 7) is 6.20. The van der Waals surface area contributed by atoms with E-state index in [9.17, 15) is 4.79 Å². The van der Waals surface area contributed by atoms with Crippen molar-refractivity contribution in [1.29, 1.82) is 0 Å². The van der Waals surface area contributed by atoms with Crippen molar-refractivity contribution < 1.29 is 9.47 Å². The molecule has 0 saturated carbocycles. The van der Waals surface area contributed by atoms with Crippen LogP contribution < -0.4 is 14.9 Å². The van der Waals surface area contributed by atoms with Gasteiger partial charge in [-0.25, -0.2) is 0 Å². The van der Waals surface area contributed by atoms with Crippen LogP contribution in [0.5, 0.6) is 11.5 Å². The highest BCUT2D eigenvalue weighted by atomic mass is 16.5. The molecule has 1 aliphatic rings. The number of pyridine rings is 1. The molecule has 0 aliphatic carbocycles. The van der Waals surface area contributed by atoms with Crippen molar-refractivity contribution in [2.75, 3.05) is 40.4 Å². The Hall–Kier alpha value is -3.61. The fraction of sp³-hybridized carbons (Fsp3) is 0.300. The van der Waals surface area contributed by atoms with Crippen molar-refractivity contribution in [1.82, 2.24) is 14.8 Å². The minimum Gasteiger partial charge on any atom is -0.496 e. The van der Waals surface area contributed by atoms with Crippen LogP contribution in [0.2, 0.25) is 0 Å². The van der Waals surface area contributed by atoms with Gasteiger partial charge in [-0.05, 0) is 30.2 Å². The number of H-pyrrole nitrogens is 1. The van der Waals surface area contributed by atoms with Crippen LogP contribution >= 0.6 is 0 Å². The second-order valence-corrected chi connectivity index (χ2v) is 9.31. The van der Waals surface area contributed by atoms with Crippen LogP contribution in [-0.4, -0.2) is 55.2 Å². The molecule has 0 radical (unpaired) electrons. The van der Waals surface area contributed by atoms with E-state index < -0.39 is 0 Å². The number of benzene rings is 3. The minimum absolute atomic E-state index is 0.00544. The Morgan fingerprint density at radius 3 is 1.92 bits per heavy atom. The number of aromatic nitrogens is 1. The van der Waals surface area contributed by atoms with E-state index in [0.717, 1.165) is 37.4 Å². The number of hydrogen-bond acceptors (Lipinski definition) is 5. The molecule has 1 saturated heterocycles. The van der Waals surface area contributed by atoms with Gasteiger partial charge in [-0.15, -0.1) is 0 Å². The largest absolute Gasteiger partial charge is 0.496 e. The Balaban J connectivity index is 1.38. The normalized spacial score (nSPS) is 14.9. The predicted octanol–water partition coefficient (Wildman–Crippen LogP) is 4.76. The van der Waals surface area contributed by atoms with Gasteiger partial charge in [0.1, 0.15) is 11.5 Å². The first-order valence-electron chi connectivity index (χ1n) is 12.4. The first kappa shape index (κ1) is 24.1. The Bertz CT molecular complexity index is 1340. The molecule has 4 aromatic rings. The van der Waals surface area contributed by atoms with Crippen LogP contribution in [0.3, 0.4) is 0 Å². The molecule has 36 heavy (non-hydrogen) atoms. The van der Waals surface area contributed by atoms with Gasteiger partial charge < -0.3 is 14.5 Å². The second-order valence-electron chi connectivity index (χ2n) is 9.31. The molecule has 5 rings (SSSR count). The Kier molecular flexibility index (Phi) is 7.07. The third-order valence-corrected chi connectivity index (χ3v) is 7.22. The molecule has 0 atom stereocenters. The van der Waals surface area contributed by atoms with Crippen molar-refractivity contribution in [3.63, 3.8) is 0 Å². The summed E-state index contributed by atoms with van der Waals surface area (Å²) < 4.78 is 11.0. The maximum absolute atomic E-state index is 13.6. The maximum Gasteiger partial charge on any atom is 0.198 e. The lowest BCUT2D eigenvalue weighted by Crippen LogP contribution is -2.47. The summed E-state index contributed by atoms with van der Waals surface area (Å²) in [5, 5.41) is 0.546. The van der Waals surface area contributed by atoms with Gasteiger partial charge in [0.05, 0.1) is 31.2 Å². The third kappa shape index (κ3) is 4.62.